The van der Waals surface area contributed by atoms with Gasteiger partial charge in [-0.25, -0.2) is 4.39 Å². The summed E-state index contributed by atoms with van der Waals surface area (Å²) in [6.45, 7) is 1.18. The van der Waals surface area contributed by atoms with E-state index in [-0.39, 0.29) is 29.9 Å². The number of hydrogen-bond donors (Lipinski definition) is 1. The number of amides is 1. The van der Waals surface area contributed by atoms with Crippen LogP contribution >= 0.6 is 12.4 Å². The molecular weight excluding hydrogens is 333 g/mol. The summed E-state index contributed by atoms with van der Waals surface area (Å²) in [5.41, 5.74) is 5.80. The third kappa shape index (κ3) is 6.66. The molecule has 0 spiro atoms. The van der Waals surface area contributed by atoms with Crippen molar-refractivity contribution in [2.45, 2.75) is 32.9 Å². The zero-order valence-corrected chi connectivity index (χ0v) is 14.1. The summed E-state index contributed by atoms with van der Waals surface area (Å²) in [5.74, 6) is -1.48. The van der Waals surface area contributed by atoms with E-state index in [4.69, 9.17) is 5.73 Å². The predicted octanol–water partition coefficient (Wildman–Crippen LogP) is 3.29. The van der Waals surface area contributed by atoms with Crippen molar-refractivity contribution in [2.75, 3.05) is 13.6 Å². The summed E-state index contributed by atoms with van der Waals surface area (Å²) in [6.07, 6.45) is 0.576. The van der Waals surface area contributed by atoms with E-state index in [2.05, 4.69) is 4.74 Å². The first kappa shape index (κ1) is 21.5. The van der Waals surface area contributed by atoms with Crippen molar-refractivity contribution in [3.05, 3.63) is 29.6 Å². The van der Waals surface area contributed by atoms with Crippen molar-refractivity contribution in [3.63, 3.8) is 0 Å². The molecule has 1 atom stereocenters. The molecule has 0 bridgehead atoms. The summed E-state index contributed by atoms with van der Waals surface area (Å²) >= 11 is 0. The van der Waals surface area contributed by atoms with E-state index in [0.29, 0.717) is 13.0 Å². The largest absolute Gasteiger partial charge is 0.434 e. The lowest BCUT2D eigenvalue weighted by atomic mass is 10.0. The van der Waals surface area contributed by atoms with Crippen LogP contribution < -0.4 is 10.5 Å². The summed E-state index contributed by atoms with van der Waals surface area (Å²) in [5, 5.41) is 0. The third-order valence-electron chi connectivity index (χ3n) is 3.39. The highest BCUT2D eigenvalue weighted by molar-refractivity contribution is 5.96. The summed E-state index contributed by atoms with van der Waals surface area (Å²) in [4.78, 5) is 13.6. The van der Waals surface area contributed by atoms with E-state index < -0.39 is 24.1 Å². The fourth-order valence-corrected chi connectivity index (χ4v) is 1.85. The van der Waals surface area contributed by atoms with E-state index in [1.807, 2.05) is 13.8 Å². The summed E-state index contributed by atoms with van der Waals surface area (Å²) < 4.78 is 42.1. The first-order valence-electron chi connectivity index (χ1n) is 6.97. The van der Waals surface area contributed by atoms with Crippen molar-refractivity contribution >= 4 is 18.3 Å². The van der Waals surface area contributed by atoms with Gasteiger partial charge >= 0.3 is 6.61 Å². The fraction of sp³-hybridized carbons (Fsp3) is 0.533. The number of carbonyl (C=O) groups excluding carboxylic acids is 1. The van der Waals surface area contributed by atoms with Crippen LogP contribution in [-0.4, -0.2) is 37.1 Å². The Kier molecular flexibility index (Phi) is 9.01. The van der Waals surface area contributed by atoms with Gasteiger partial charge in [0.1, 0.15) is 11.6 Å². The lowest BCUT2D eigenvalue weighted by molar-refractivity contribution is -0.0504. The van der Waals surface area contributed by atoms with Crippen molar-refractivity contribution < 1.29 is 22.7 Å². The lowest BCUT2D eigenvalue weighted by Crippen LogP contribution is -2.34. The Hall–Kier alpha value is -1.47. The maximum Gasteiger partial charge on any atom is 0.387 e. The molecule has 0 radical (unpaired) electrons. The number of nitrogens with two attached hydrogens (primary N) is 1. The van der Waals surface area contributed by atoms with Crippen LogP contribution in [0, 0.1) is 11.7 Å². The average molecular weight is 355 g/mol. The standard InChI is InChI=1S/C15H21F3N2O2.ClH/c1-9(2)12(19)6-7-20(3)14(21)11-5-4-10(16)8-13(11)22-15(17)18;/h4-5,8-9,12,15H,6-7,19H2,1-3H3;1H. The van der Waals surface area contributed by atoms with Crippen LogP contribution in [0.2, 0.25) is 0 Å². The number of carbonyl (C=O) groups is 1. The van der Waals surface area contributed by atoms with Gasteiger partial charge in [-0.3, -0.25) is 4.79 Å². The average Bonchev–Trinajstić information content (AvgIpc) is 2.43. The molecule has 4 nitrogen and oxygen atoms in total. The second-order valence-electron chi connectivity index (χ2n) is 5.44. The number of rotatable bonds is 7. The van der Waals surface area contributed by atoms with Gasteiger partial charge in [0.25, 0.3) is 5.91 Å². The van der Waals surface area contributed by atoms with Crippen LogP contribution in [0.15, 0.2) is 18.2 Å². The monoisotopic (exact) mass is 354 g/mol. The molecule has 1 unspecified atom stereocenters. The van der Waals surface area contributed by atoms with Gasteiger partial charge in [0, 0.05) is 25.7 Å². The van der Waals surface area contributed by atoms with Gasteiger partial charge in [0.2, 0.25) is 0 Å². The predicted molar refractivity (Wildman–Crippen MR) is 84.7 cm³/mol. The van der Waals surface area contributed by atoms with Crippen molar-refractivity contribution in [2.24, 2.45) is 11.7 Å². The normalized spacial score (nSPS) is 12.0. The quantitative estimate of drug-likeness (QED) is 0.817. The Morgan fingerprint density at radius 3 is 2.48 bits per heavy atom. The first-order chi connectivity index (χ1) is 10.2. The van der Waals surface area contributed by atoms with Crippen LogP contribution in [0.25, 0.3) is 0 Å². The molecule has 132 valence electrons. The number of nitrogens with zero attached hydrogens (tertiary/aromatic N) is 1. The van der Waals surface area contributed by atoms with Crippen LogP contribution in [0.5, 0.6) is 5.75 Å². The molecule has 23 heavy (non-hydrogen) atoms. The number of benzene rings is 1. The van der Waals surface area contributed by atoms with Gasteiger partial charge < -0.3 is 15.4 Å². The van der Waals surface area contributed by atoms with Crippen molar-refractivity contribution in [1.82, 2.24) is 4.90 Å². The molecule has 1 aromatic rings. The van der Waals surface area contributed by atoms with Crippen molar-refractivity contribution in [1.29, 1.82) is 0 Å². The van der Waals surface area contributed by atoms with E-state index in [0.717, 1.165) is 18.2 Å². The topological polar surface area (TPSA) is 55.6 Å². The molecule has 0 saturated carbocycles. The molecule has 0 fully saturated rings. The highest BCUT2D eigenvalue weighted by Gasteiger charge is 2.20. The lowest BCUT2D eigenvalue weighted by Gasteiger charge is -2.22. The highest BCUT2D eigenvalue weighted by atomic mass is 35.5. The first-order valence-corrected chi connectivity index (χ1v) is 6.97. The molecular formula is C15H22ClF3N2O2. The van der Waals surface area contributed by atoms with Gasteiger partial charge in [0.15, 0.2) is 0 Å². The molecule has 8 heteroatoms. The molecule has 0 aliphatic carbocycles. The Morgan fingerprint density at radius 1 is 1.35 bits per heavy atom. The van der Waals surface area contributed by atoms with Gasteiger partial charge in [-0.2, -0.15) is 8.78 Å². The van der Waals surface area contributed by atoms with Gasteiger partial charge in [0.05, 0.1) is 5.56 Å². The van der Waals surface area contributed by atoms with E-state index in [1.54, 1.807) is 0 Å². The second-order valence-corrected chi connectivity index (χ2v) is 5.44. The van der Waals surface area contributed by atoms with Gasteiger partial charge in [-0.15, -0.1) is 12.4 Å². The molecule has 0 aliphatic rings. The number of halogens is 4. The molecule has 1 aromatic carbocycles. The van der Waals surface area contributed by atoms with E-state index in [1.165, 1.54) is 11.9 Å². The molecule has 1 amide bonds. The smallest absolute Gasteiger partial charge is 0.387 e. The van der Waals surface area contributed by atoms with Crippen LogP contribution in [0.1, 0.15) is 30.6 Å². The van der Waals surface area contributed by atoms with E-state index >= 15 is 0 Å². The minimum atomic E-state index is -3.13. The third-order valence-corrected chi connectivity index (χ3v) is 3.39. The zero-order valence-electron chi connectivity index (χ0n) is 13.3. The minimum Gasteiger partial charge on any atom is -0.434 e. The second kappa shape index (κ2) is 9.62. The Balaban J connectivity index is 0.00000484. The van der Waals surface area contributed by atoms with Crippen LogP contribution in [-0.2, 0) is 0 Å². The SMILES string of the molecule is CC(C)C(N)CCN(C)C(=O)c1ccc(F)cc1OC(F)F.Cl. The van der Waals surface area contributed by atoms with Crippen LogP contribution in [0.3, 0.4) is 0 Å². The molecule has 0 aromatic heterocycles. The Bertz CT molecular complexity index is 515. The summed E-state index contributed by atoms with van der Waals surface area (Å²) in [7, 11) is 1.53. The Morgan fingerprint density at radius 2 is 1.96 bits per heavy atom. The molecule has 1 rings (SSSR count). The molecule has 2 N–H and O–H groups in total. The molecule has 0 saturated heterocycles. The Labute approximate surface area is 140 Å². The molecule has 0 heterocycles. The summed E-state index contributed by atoms with van der Waals surface area (Å²) in [6, 6.07) is 2.86. The number of ether oxygens (including phenoxy) is 1. The maximum absolute atomic E-state index is 13.1. The zero-order chi connectivity index (χ0) is 16.9. The van der Waals surface area contributed by atoms with Crippen LogP contribution in [0.4, 0.5) is 13.2 Å². The maximum atomic E-state index is 13.1. The fourth-order valence-electron chi connectivity index (χ4n) is 1.85. The number of alkyl halides is 2. The van der Waals surface area contributed by atoms with Gasteiger partial charge in [-0.1, -0.05) is 13.8 Å². The van der Waals surface area contributed by atoms with E-state index in [9.17, 15) is 18.0 Å². The van der Waals surface area contributed by atoms with Crippen molar-refractivity contribution in [3.8, 4) is 5.75 Å². The van der Waals surface area contributed by atoms with Gasteiger partial charge in [-0.05, 0) is 24.5 Å². The highest BCUT2D eigenvalue weighted by Crippen LogP contribution is 2.23. The number of hydrogen-bond acceptors (Lipinski definition) is 3. The molecule has 0 aliphatic heterocycles. The minimum absolute atomic E-state index is 0.